The third-order valence-electron chi connectivity index (χ3n) is 3.82. The molecule has 0 aromatic heterocycles. The van der Waals surface area contributed by atoms with Crippen LogP contribution in [0.2, 0.25) is 0 Å². The molecule has 164 valence electrons. The molecule has 0 aliphatic heterocycles. The van der Waals surface area contributed by atoms with Gasteiger partial charge in [0.15, 0.2) is 0 Å². The molecule has 4 aromatic carbocycles. The standard InChI is InChI=1S/2C13H11NO2.Ti/c2*14-13(15-11-7-3-1-4-8-11)16-12-9-5-2-6-10-12;/h2*1-10,14H;. The van der Waals surface area contributed by atoms with Crippen molar-refractivity contribution in [3.63, 3.8) is 0 Å². The molecule has 0 saturated heterocycles. The van der Waals surface area contributed by atoms with E-state index in [1.54, 1.807) is 48.5 Å². The van der Waals surface area contributed by atoms with Crippen LogP contribution in [0.25, 0.3) is 0 Å². The van der Waals surface area contributed by atoms with Gasteiger partial charge < -0.3 is 18.9 Å². The summed E-state index contributed by atoms with van der Waals surface area (Å²) in [4.78, 5) is 0. The van der Waals surface area contributed by atoms with Gasteiger partial charge in [-0.3, -0.25) is 0 Å². The van der Waals surface area contributed by atoms with Crippen molar-refractivity contribution in [1.82, 2.24) is 0 Å². The molecule has 4 rings (SSSR count). The number of hydrogen-bond acceptors (Lipinski definition) is 6. The summed E-state index contributed by atoms with van der Waals surface area (Å²) < 4.78 is 20.7. The molecule has 0 bridgehead atoms. The molecule has 7 heteroatoms. The number of hydrogen-bond donors (Lipinski definition) is 2. The van der Waals surface area contributed by atoms with E-state index < -0.39 is 0 Å². The molecule has 33 heavy (non-hydrogen) atoms. The van der Waals surface area contributed by atoms with Gasteiger partial charge in [-0.25, -0.2) is 10.8 Å². The van der Waals surface area contributed by atoms with Crippen LogP contribution in [0.4, 0.5) is 0 Å². The zero-order valence-corrected chi connectivity index (χ0v) is 19.2. The third-order valence-corrected chi connectivity index (χ3v) is 3.82. The van der Waals surface area contributed by atoms with Crippen molar-refractivity contribution in [1.29, 1.82) is 10.8 Å². The third kappa shape index (κ3) is 9.87. The topological polar surface area (TPSA) is 84.6 Å². The van der Waals surface area contributed by atoms with E-state index in [0.717, 1.165) is 0 Å². The molecule has 0 fully saturated rings. The molecule has 0 aliphatic carbocycles. The monoisotopic (exact) mass is 474 g/mol. The number of nitrogens with one attached hydrogen (secondary N) is 2. The van der Waals surface area contributed by atoms with Crippen molar-refractivity contribution >= 4 is 12.2 Å². The Hall–Kier alpha value is -3.87. The molecule has 0 amide bonds. The molecule has 0 unspecified atom stereocenters. The van der Waals surface area contributed by atoms with Gasteiger partial charge in [-0.1, -0.05) is 72.8 Å². The Kier molecular flexibility index (Phi) is 11.0. The van der Waals surface area contributed by atoms with E-state index in [1.165, 1.54) is 0 Å². The second kappa shape index (κ2) is 14.2. The number of benzene rings is 4. The average Bonchev–Trinajstić information content (AvgIpc) is 2.82. The predicted molar refractivity (Wildman–Crippen MR) is 124 cm³/mol. The summed E-state index contributed by atoms with van der Waals surface area (Å²) in [5.41, 5.74) is 0. The normalized spacial score (nSPS) is 9.21. The van der Waals surface area contributed by atoms with Crippen LogP contribution < -0.4 is 18.9 Å². The molecule has 0 spiro atoms. The minimum absolute atomic E-state index is 0. The first-order valence-electron chi connectivity index (χ1n) is 9.78. The van der Waals surface area contributed by atoms with Crippen LogP contribution in [0.1, 0.15) is 0 Å². The molecule has 0 aliphatic rings. The van der Waals surface area contributed by atoms with Crippen molar-refractivity contribution in [2.45, 2.75) is 0 Å². The van der Waals surface area contributed by atoms with E-state index in [-0.39, 0.29) is 33.9 Å². The van der Waals surface area contributed by atoms with Crippen molar-refractivity contribution in [3.05, 3.63) is 121 Å². The maximum Gasteiger partial charge on any atom is 0.391 e. The van der Waals surface area contributed by atoms with E-state index in [2.05, 4.69) is 0 Å². The summed E-state index contributed by atoms with van der Waals surface area (Å²) in [6, 6.07) is 36.4. The summed E-state index contributed by atoms with van der Waals surface area (Å²) in [5.74, 6) is 2.35. The molecule has 0 radical (unpaired) electrons. The van der Waals surface area contributed by atoms with E-state index in [0.29, 0.717) is 23.0 Å². The molecule has 6 nitrogen and oxygen atoms in total. The minimum atomic E-state index is -0.239. The Balaban J connectivity index is 0.000000227. The summed E-state index contributed by atoms with van der Waals surface area (Å²) >= 11 is 0. The first-order valence-corrected chi connectivity index (χ1v) is 9.78. The van der Waals surface area contributed by atoms with Crippen molar-refractivity contribution in [2.24, 2.45) is 0 Å². The smallest absolute Gasteiger partial charge is 0.391 e. The van der Waals surface area contributed by atoms with E-state index in [1.807, 2.05) is 72.8 Å². The Morgan fingerprint density at radius 2 is 0.545 bits per heavy atom. The Bertz CT molecular complexity index is 918. The van der Waals surface area contributed by atoms with E-state index >= 15 is 0 Å². The zero-order valence-electron chi connectivity index (χ0n) is 17.7. The summed E-state index contributed by atoms with van der Waals surface area (Å²) in [5, 5.41) is 15.0. The molecule has 0 saturated carbocycles. The van der Waals surface area contributed by atoms with Crippen LogP contribution in [0.15, 0.2) is 121 Å². The number of ether oxygens (including phenoxy) is 4. The van der Waals surface area contributed by atoms with Crippen LogP contribution >= 0.6 is 0 Å². The predicted octanol–water partition coefficient (Wildman–Crippen LogP) is 6.16. The quantitative estimate of drug-likeness (QED) is 0.211. The van der Waals surface area contributed by atoms with Crippen LogP contribution in [0.3, 0.4) is 0 Å². The Morgan fingerprint density at radius 3 is 0.727 bits per heavy atom. The van der Waals surface area contributed by atoms with Crippen LogP contribution in [-0.4, -0.2) is 12.2 Å². The van der Waals surface area contributed by atoms with Gasteiger partial charge in [0.2, 0.25) is 0 Å². The molecular formula is C26H22N2O4Ti. The van der Waals surface area contributed by atoms with Crippen LogP contribution in [0, 0.1) is 10.8 Å². The SMILES string of the molecule is N=C(Oc1ccccc1)Oc1ccccc1.N=C(Oc1ccccc1)Oc1ccccc1.[Ti]. The van der Waals surface area contributed by atoms with Crippen molar-refractivity contribution in [3.8, 4) is 23.0 Å². The maximum atomic E-state index is 7.52. The Labute approximate surface area is 207 Å². The van der Waals surface area contributed by atoms with Gasteiger partial charge in [-0.15, -0.1) is 0 Å². The van der Waals surface area contributed by atoms with Gasteiger partial charge in [-0.2, -0.15) is 0 Å². The minimum Gasteiger partial charge on any atom is -0.411 e. The average molecular weight is 474 g/mol. The molecular weight excluding hydrogens is 452 g/mol. The van der Waals surface area contributed by atoms with Gasteiger partial charge in [-0.05, 0) is 48.5 Å². The van der Waals surface area contributed by atoms with Crippen molar-refractivity contribution in [2.75, 3.05) is 0 Å². The van der Waals surface area contributed by atoms with E-state index in [4.69, 9.17) is 29.8 Å². The van der Waals surface area contributed by atoms with Crippen LogP contribution in [0.5, 0.6) is 23.0 Å². The maximum absolute atomic E-state index is 7.52. The fourth-order valence-electron chi connectivity index (χ4n) is 2.42. The fraction of sp³-hybridized carbons (Fsp3) is 0. The zero-order chi connectivity index (χ0) is 22.4. The van der Waals surface area contributed by atoms with Gasteiger partial charge in [0.05, 0.1) is 0 Å². The number of rotatable bonds is 4. The molecule has 4 aromatic rings. The van der Waals surface area contributed by atoms with E-state index in [9.17, 15) is 0 Å². The molecule has 0 atom stereocenters. The summed E-state index contributed by atoms with van der Waals surface area (Å²) in [7, 11) is 0. The molecule has 2 N–H and O–H groups in total. The Morgan fingerprint density at radius 1 is 0.364 bits per heavy atom. The van der Waals surface area contributed by atoms with Crippen molar-refractivity contribution < 1.29 is 40.7 Å². The number of para-hydroxylation sites is 4. The largest absolute Gasteiger partial charge is 0.411 e. The van der Waals surface area contributed by atoms with Gasteiger partial charge in [0.1, 0.15) is 23.0 Å². The molecule has 0 heterocycles. The van der Waals surface area contributed by atoms with Gasteiger partial charge in [0.25, 0.3) is 0 Å². The van der Waals surface area contributed by atoms with Gasteiger partial charge >= 0.3 is 12.2 Å². The first kappa shape index (κ1) is 25.4. The first-order chi connectivity index (χ1) is 15.7. The van der Waals surface area contributed by atoms with Crippen LogP contribution in [-0.2, 0) is 21.7 Å². The van der Waals surface area contributed by atoms with Gasteiger partial charge in [0, 0.05) is 21.7 Å². The fourth-order valence-corrected chi connectivity index (χ4v) is 2.42. The second-order valence-corrected chi connectivity index (χ2v) is 6.24. The second-order valence-electron chi connectivity index (χ2n) is 6.24. The summed E-state index contributed by atoms with van der Waals surface area (Å²) in [6.45, 7) is 0. The summed E-state index contributed by atoms with van der Waals surface area (Å²) in [6.07, 6.45) is -0.477.